The third-order valence-corrected chi connectivity index (χ3v) is 45.2. The average Bonchev–Trinajstić information content (AvgIpc) is 2.61. The fourth-order valence-corrected chi connectivity index (χ4v) is 57.1. The first kappa shape index (κ1) is 57.4. The largest absolute Gasteiger partial charge is 0.461 e. The lowest BCUT2D eigenvalue weighted by Gasteiger charge is -2.46. The van der Waals surface area contributed by atoms with Crippen molar-refractivity contribution in [2.45, 2.75) is 157 Å². The van der Waals surface area contributed by atoms with Crippen LogP contribution in [0.5, 0.6) is 0 Å². The first-order valence-corrected chi connectivity index (χ1v) is 52.6. The molecule has 2 N–H and O–H groups in total. The molecule has 312 valence electrons. The Labute approximate surface area is 328 Å². The fourth-order valence-electron chi connectivity index (χ4n) is 6.00. The van der Waals surface area contributed by atoms with Crippen molar-refractivity contribution in [3.05, 3.63) is 0 Å². The topological polar surface area (TPSA) is 167 Å². The van der Waals surface area contributed by atoms with Gasteiger partial charge in [0.2, 0.25) is 0 Å². The molecule has 0 aromatic rings. The van der Waals surface area contributed by atoms with E-state index in [4.69, 9.17) is 58.7 Å². The molecule has 1 rings (SSSR count). The minimum absolute atomic E-state index is 0.667. The van der Waals surface area contributed by atoms with Crippen LogP contribution in [0.15, 0.2) is 0 Å². The molecule has 0 saturated carbocycles. The maximum Gasteiger partial charge on any atom is 0.394 e. The second-order valence-corrected chi connectivity index (χ2v) is 57.3. The molecular formula is C24H78O14SSi12. The maximum absolute atomic E-state index is 8.74. The van der Waals surface area contributed by atoms with Gasteiger partial charge in [-0.15, -0.1) is 0 Å². The van der Waals surface area contributed by atoms with Crippen LogP contribution in [0.3, 0.4) is 0 Å². The smallest absolute Gasteiger partial charge is 0.394 e. The van der Waals surface area contributed by atoms with Gasteiger partial charge in [-0.1, -0.05) is 0 Å². The van der Waals surface area contributed by atoms with Gasteiger partial charge >= 0.3 is 78.9 Å². The predicted octanol–water partition coefficient (Wildman–Crippen LogP) is 7.03. The third-order valence-electron chi connectivity index (χ3n) is 5.02. The molecule has 51 heavy (non-hydrogen) atoms. The van der Waals surface area contributed by atoms with Gasteiger partial charge in [-0.25, -0.2) is 0 Å². The number of hydrogen-bond donors (Lipinski definition) is 2. The van der Waals surface area contributed by atoms with Gasteiger partial charge in [-0.2, -0.15) is 8.42 Å². The average molecular weight is 960 g/mol. The van der Waals surface area contributed by atoms with E-state index in [1.165, 1.54) is 0 Å². The molecule has 0 spiro atoms. The molecular weight excluding hydrogens is 881 g/mol. The highest BCUT2D eigenvalue weighted by atomic mass is 32.3. The third kappa shape index (κ3) is 38.7. The second kappa shape index (κ2) is 22.3. The number of hydrogen-bond acceptors (Lipinski definition) is 12. The molecule has 1 fully saturated rings. The van der Waals surface area contributed by atoms with Crippen molar-refractivity contribution in [2.75, 3.05) is 0 Å². The van der Waals surface area contributed by atoms with Crippen molar-refractivity contribution in [3.63, 3.8) is 0 Å². The number of rotatable bonds is 12. The van der Waals surface area contributed by atoms with E-state index in [1.807, 2.05) is 0 Å². The summed E-state index contributed by atoms with van der Waals surface area (Å²) in [7, 11) is -25.6. The molecule has 0 bridgehead atoms. The Bertz CT molecular complexity index is 987. The summed E-state index contributed by atoms with van der Waals surface area (Å²) in [6.45, 7) is 51.0. The van der Waals surface area contributed by atoms with Gasteiger partial charge in [0, 0.05) is 0 Å². The molecule has 0 amide bonds. The van der Waals surface area contributed by atoms with Gasteiger partial charge in [0.25, 0.3) is 0 Å². The van der Waals surface area contributed by atoms with Crippen molar-refractivity contribution in [1.29, 1.82) is 0 Å². The molecule has 1 aliphatic heterocycles. The quantitative estimate of drug-likeness (QED) is 0.151. The maximum atomic E-state index is 8.74. The van der Waals surface area contributed by atoms with E-state index < -0.39 is 115 Å². The molecule has 1 aliphatic rings. The summed E-state index contributed by atoms with van der Waals surface area (Å²) in [5, 5.41) is 0. The van der Waals surface area contributed by atoms with E-state index in [-0.39, 0.29) is 0 Å². The van der Waals surface area contributed by atoms with Crippen LogP contribution in [0.25, 0.3) is 0 Å². The SMILES string of the molecule is C[SiH](C)O[SiH](C)C.C[SiH](C)O[Si](C)(C)O[Si](C)(C)O[Si](C)(C)O[Si](C)(C)O[SiH](C)C.C[Si]1(C)O[Si](C)(C)O[Si](C)(C)O[Si](C)(C)O1.O=S(=O)(O)O. The van der Waals surface area contributed by atoms with Gasteiger partial charge in [0.15, 0.2) is 36.2 Å². The first-order valence-electron chi connectivity index (χ1n) is 17.5. The van der Waals surface area contributed by atoms with Crippen molar-refractivity contribution in [2.24, 2.45) is 0 Å². The Kier molecular flexibility index (Phi) is 25.1. The zero-order valence-corrected chi connectivity index (χ0v) is 49.9. The highest BCUT2D eigenvalue weighted by Crippen LogP contribution is 2.30. The highest BCUT2D eigenvalue weighted by Gasteiger charge is 2.50. The Morgan fingerprint density at radius 2 is 0.608 bits per heavy atom. The molecule has 0 aliphatic carbocycles. The molecule has 1 heterocycles. The Hall–Kier alpha value is 2.07. The van der Waals surface area contributed by atoms with Crippen LogP contribution in [0.1, 0.15) is 0 Å². The standard InChI is InChI=1S/C12H38O5Si6.C8H24O4Si4.C4H14OSi2.H2O4S/c1-18(2)13-20(5,6)15-22(9,10)17-23(11,12)16-21(7,8)14-19(3)4;1-13(2)9-14(3,4)11-16(7,8)12-15(5,6)10-13;1-6(2)5-7(3)4;1-5(2,3)4/h18-19H,1-12H3;1-8H3;6-7H,1-4H3;(H2,1,2,3,4). The highest BCUT2D eigenvalue weighted by molar-refractivity contribution is 7.79. The van der Waals surface area contributed by atoms with Crippen LogP contribution in [0.4, 0.5) is 0 Å². The Balaban J connectivity index is -0.000000704. The van der Waals surface area contributed by atoms with Crippen LogP contribution >= 0.6 is 0 Å². The summed E-state index contributed by atoms with van der Waals surface area (Å²) in [6.07, 6.45) is 0. The summed E-state index contributed by atoms with van der Waals surface area (Å²) in [6, 6.07) is 0. The molecule has 0 aromatic heterocycles. The lowest BCUT2D eigenvalue weighted by molar-refractivity contribution is 0.238. The first-order chi connectivity index (χ1) is 21.9. The zero-order chi connectivity index (χ0) is 41.9. The summed E-state index contributed by atoms with van der Waals surface area (Å²) < 4.78 is 93.2. The van der Waals surface area contributed by atoms with Gasteiger partial charge in [0.05, 0.1) is 0 Å². The Morgan fingerprint density at radius 3 is 0.745 bits per heavy atom. The fraction of sp³-hybridized carbons (Fsp3) is 1.00. The van der Waals surface area contributed by atoms with Crippen molar-refractivity contribution in [1.82, 2.24) is 0 Å². The Morgan fingerprint density at radius 1 is 0.431 bits per heavy atom. The summed E-state index contributed by atoms with van der Waals surface area (Å²) in [5.74, 6) is 0. The molecule has 0 radical (unpaired) electrons. The summed E-state index contributed by atoms with van der Waals surface area (Å²) in [4.78, 5) is 0. The van der Waals surface area contributed by atoms with Crippen LogP contribution in [-0.2, 0) is 51.6 Å². The van der Waals surface area contributed by atoms with Crippen molar-refractivity contribution in [3.8, 4) is 0 Å². The van der Waals surface area contributed by atoms with Gasteiger partial charge in [-0.05, 0) is 157 Å². The summed E-state index contributed by atoms with van der Waals surface area (Å²) in [5.41, 5.74) is 0. The summed E-state index contributed by atoms with van der Waals surface area (Å²) >= 11 is 0. The normalized spacial score (nSPS) is 19.3. The van der Waals surface area contributed by atoms with E-state index in [1.54, 1.807) is 0 Å². The van der Waals surface area contributed by atoms with E-state index in [9.17, 15) is 0 Å². The monoisotopic (exact) mass is 958 g/mol. The van der Waals surface area contributed by atoms with E-state index in [2.05, 4.69) is 157 Å². The zero-order valence-electron chi connectivity index (χ0n) is 36.5. The minimum Gasteiger partial charge on any atom is -0.461 e. The van der Waals surface area contributed by atoms with Crippen LogP contribution < -0.4 is 0 Å². The lowest BCUT2D eigenvalue weighted by atomic mass is 11.9. The van der Waals surface area contributed by atoms with Crippen molar-refractivity contribution < 1.29 is 58.7 Å². The minimum atomic E-state index is -4.67. The molecule has 0 atom stereocenters. The lowest BCUT2D eigenvalue weighted by Crippen LogP contribution is -2.64. The van der Waals surface area contributed by atoms with E-state index in [0.29, 0.717) is 0 Å². The molecule has 0 unspecified atom stereocenters. The molecule has 27 heteroatoms. The molecule has 14 nitrogen and oxygen atoms in total. The second-order valence-electron chi connectivity index (χ2n) is 16.9. The van der Waals surface area contributed by atoms with Crippen LogP contribution in [-0.4, -0.2) is 122 Å². The van der Waals surface area contributed by atoms with E-state index >= 15 is 0 Å². The van der Waals surface area contributed by atoms with Crippen molar-refractivity contribution >= 4 is 115 Å². The van der Waals surface area contributed by atoms with Gasteiger partial charge in [-0.3, -0.25) is 9.11 Å². The van der Waals surface area contributed by atoms with Crippen LogP contribution in [0, 0.1) is 0 Å². The van der Waals surface area contributed by atoms with Gasteiger partial charge < -0.3 is 41.2 Å². The van der Waals surface area contributed by atoms with E-state index in [0.717, 1.165) is 0 Å². The van der Waals surface area contributed by atoms with Gasteiger partial charge in [0.1, 0.15) is 0 Å². The molecule has 0 aromatic carbocycles. The predicted molar refractivity (Wildman–Crippen MR) is 240 cm³/mol. The molecule has 1 saturated heterocycles. The van der Waals surface area contributed by atoms with Crippen LogP contribution in [0.2, 0.25) is 157 Å².